The summed E-state index contributed by atoms with van der Waals surface area (Å²) in [5.74, 6) is 1.61. The van der Waals surface area contributed by atoms with Crippen LogP contribution in [0.4, 0.5) is 0 Å². The number of hydrogen-bond acceptors (Lipinski definition) is 4. The van der Waals surface area contributed by atoms with Crippen molar-refractivity contribution >= 4 is 0 Å². The molecule has 0 saturated carbocycles. The molecule has 0 amide bonds. The highest BCUT2D eigenvalue weighted by Gasteiger charge is 2.15. The third kappa shape index (κ3) is 5.21. The Morgan fingerprint density at radius 2 is 2.19 bits per heavy atom. The second-order valence-electron chi connectivity index (χ2n) is 5.79. The van der Waals surface area contributed by atoms with E-state index in [2.05, 4.69) is 25.2 Å². The zero-order valence-electron chi connectivity index (χ0n) is 13.4. The summed E-state index contributed by atoms with van der Waals surface area (Å²) in [5, 5.41) is 3.40. The molecule has 118 valence electrons. The van der Waals surface area contributed by atoms with Crippen LogP contribution in [0.3, 0.4) is 0 Å². The van der Waals surface area contributed by atoms with Gasteiger partial charge in [0.15, 0.2) is 11.5 Å². The molecule has 1 saturated heterocycles. The number of methoxy groups -OCH3 is 1. The maximum Gasteiger partial charge on any atom is 0.161 e. The lowest BCUT2D eigenvalue weighted by atomic mass is 10.2. The van der Waals surface area contributed by atoms with E-state index in [4.69, 9.17) is 14.2 Å². The molecule has 1 aliphatic rings. The van der Waals surface area contributed by atoms with Crippen molar-refractivity contribution in [3.63, 3.8) is 0 Å². The molecule has 1 heterocycles. The van der Waals surface area contributed by atoms with Crippen molar-refractivity contribution in [2.75, 3.05) is 20.3 Å². The van der Waals surface area contributed by atoms with E-state index in [0.29, 0.717) is 18.8 Å². The third-order valence-electron chi connectivity index (χ3n) is 3.66. The molecule has 0 aliphatic carbocycles. The Morgan fingerprint density at radius 1 is 1.33 bits per heavy atom. The van der Waals surface area contributed by atoms with E-state index in [-0.39, 0.29) is 0 Å². The molecule has 1 atom stereocenters. The minimum Gasteiger partial charge on any atom is -0.493 e. The highest BCUT2D eigenvalue weighted by Crippen LogP contribution is 2.28. The molecule has 1 unspecified atom stereocenters. The molecule has 0 radical (unpaired) electrons. The molecule has 2 rings (SSSR count). The molecule has 1 fully saturated rings. The standard InChI is InChI=1S/C17H27NO3/c1-13(2)18-12-14-6-7-16(17(11-14)19-3)21-10-8-15-5-4-9-20-15/h6-7,11,13,15,18H,4-5,8-10,12H2,1-3H3. The quantitative estimate of drug-likeness (QED) is 0.799. The molecule has 1 aromatic rings. The predicted octanol–water partition coefficient (Wildman–Crippen LogP) is 3.14. The Kier molecular flexibility index (Phi) is 6.33. The summed E-state index contributed by atoms with van der Waals surface area (Å²) in [7, 11) is 1.68. The number of nitrogens with one attached hydrogen (secondary N) is 1. The van der Waals surface area contributed by atoms with Crippen LogP contribution in [0.15, 0.2) is 18.2 Å². The fourth-order valence-electron chi connectivity index (χ4n) is 2.44. The van der Waals surface area contributed by atoms with Gasteiger partial charge in [-0.2, -0.15) is 0 Å². The van der Waals surface area contributed by atoms with Gasteiger partial charge in [0, 0.05) is 25.6 Å². The molecule has 4 heteroatoms. The first-order valence-electron chi connectivity index (χ1n) is 7.83. The smallest absolute Gasteiger partial charge is 0.161 e. The van der Waals surface area contributed by atoms with Crippen molar-refractivity contribution in [2.45, 2.75) is 51.8 Å². The van der Waals surface area contributed by atoms with E-state index in [9.17, 15) is 0 Å². The summed E-state index contributed by atoms with van der Waals surface area (Å²) >= 11 is 0. The van der Waals surface area contributed by atoms with E-state index in [1.165, 1.54) is 12.0 Å². The summed E-state index contributed by atoms with van der Waals surface area (Å²) in [6, 6.07) is 6.58. The number of benzene rings is 1. The molecule has 1 aromatic carbocycles. The van der Waals surface area contributed by atoms with Gasteiger partial charge in [-0.1, -0.05) is 19.9 Å². The lowest BCUT2D eigenvalue weighted by Gasteiger charge is -2.15. The van der Waals surface area contributed by atoms with Crippen molar-refractivity contribution in [1.29, 1.82) is 0 Å². The normalized spacial score (nSPS) is 18.2. The minimum atomic E-state index is 0.366. The highest BCUT2D eigenvalue weighted by molar-refractivity contribution is 5.42. The molecule has 4 nitrogen and oxygen atoms in total. The average molecular weight is 293 g/mol. The molecule has 0 spiro atoms. The molecular weight excluding hydrogens is 266 g/mol. The first kappa shape index (κ1) is 16.1. The van der Waals surface area contributed by atoms with Crippen LogP contribution >= 0.6 is 0 Å². The van der Waals surface area contributed by atoms with E-state index in [1.807, 2.05) is 12.1 Å². The second-order valence-corrected chi connectivity index (χ2v) is 5.79. The van der Waals surface area contributed by atoms with Crippen LogP contribution in [0.25, 0.3) is 0 Å². The van der Waals surface area contributed by atoms with E-state index in [0.717, 1.165) is 37.5 Å². The summed E-state index contributed by atoms with van der Waals surface area (Å²) in [6.45, 7) is 6.68. The van der Waals surface area contributed by atoms with Crippen molar-refractivity contribution in [2.24, 2.45) is 0 Å². The number of ether oxygens (including phenoxy) is 3. The SMILES string of the molecule is COc1cc(CNC(C)C)ccc1OCCC1CCCO1. The van der Waals surface area contributed by atoms with E-state index >= 15 is 0 Å². The third-order valence-corrected chi connectivity index (χ3v) is 3.66. The van der Waals surface area contributed by atoms with Gasteiger partial charge in [-0.25, -0.2) is 0 Å². The van der Waals surface area contributed by atoms with E-state index in [1.54, 1.807) is 7.11 Å². The minimum absolute atomic E-state index is 0.366. The fourth-order valence-corrected chi connectivity index (χ4v) is 2.44. The van der Waals surface area contributed by atoms with Gasteiger partial charge in [-0.15, -0.1) is 0 Å². The van der Waals surface area contributed by atoms with Gasteiger partial charge in [0.05, 0.1) is 19.8 Å². The average Bonchev–Trinajstić information content (AvgIpc) is 2.99. The van der Waals surface area contributed by atoms with Gasteiger partial charge in [-0.3, -0.25) is 0 Å². The number of hydrogen-bond donors (Lipinski definition) is 1. The topological polar surface area (TPSA) is 39.7 Å². The Hall–Kier alpha value is -1.26. The maximum absolute atomic E-state index is 5.85. The molecule has 0 bridgehead atoms. The summed E-state index contributed by atoms with van der Waals surface area (Å²) in [6.07, 6.45) is 3.64. The molecule has 1 N–H and O–H groups in total. The summed E-state index contributed by atoms with van der Waals surface area (Å²) in [4.78, 5) is 0. The van der Waals surface area contributed by atoms with Gasteiger partial charge in [0.25, 0.3) is 0 Å². The maximum atomic E-state index is 5.85. The predicted molar refractivity (Wildman–Crippen MR) is 84.1 cm³/mol. The largest absolute Gasteiger partial charge is 0.493 e. The van der Waals surface area contributed by atoms with Crippen LogP contribution in [0.1, 0.15) is 38.7 Å². The monoisotopic (exact) mass is 293 g/mol. The van der Waals surface area contributed by atoms with Crippen molar-refractivity contribution in [1.82, 2.24) is 5.32 Å². The first-order chi connectivity index (χ1) is 10.2. The molecule has 21 heavy (non-hydrogen) atoms. The Morgan fingerprint density at radius 3 is 2.86 bits per heavy atom. The van der Waals surface area contributed by atoms with Crippen LogP contribution in [-0.2, 0) is 11.3 Å². The van der Waals surface area contributed by atoms with Crippen LogP contribution in [0.5, 0.6) is 11.5 Å². The van der Waals surface area contributed by atoms with E-state index < -0.39 is 0 Å². The van der Waals surface area contributed by atoms with Gasteiger partial charge < -0.3 is 19.5 Å². The van der Waals surface area contributed by atoms with Crippen LogP contribution in [0, 0.1) is 0 Å². The van der Waals surface area contributed by atoms with Gasteiger partial charge in [0.2, 0.25) is 0 Å². The zero-order chi connectivity index (χ0) is 15.1. The Labute approximate surface area is 127 Å². The Balaban J connectivity index is 1.86. The van der Waals surface area contributed by atoms with Crippen LogP contribution in [-0.4, -0.2) is 32.5 Å². The first-order valence-corrected chi connectivity index (χ1v) is 7.83. The summed E-state index contributed by atoms with van der Waals surface area (Å²) in [5.41, 5.74) is 1.20. The lowest BCUT2D eigenvalue weighted by Crippen LogP contribution is -2.21. The van der Waals surface area contributed by atoms with Gasteiger partial charge in [-0.05, 0) is 30.5 Å². The van der Waals surface area contributed by atoms with Gasteiger partial charge >= 0.3 is 0 Å². The highest BCUT2D eigenvalue weighted by atomic mass is 16.5. The van der Waals surface area contributed by atoms with Crippen molar-refractivity contribution in [3.05, 3.63) is 23.8 Å². The molecule has 0 aromatic heterocycles. The number of rotatable bonds is 8. The second kappa shape index (κ2) is 8.25. The molecule has 1 aliphatic heterocycles. The van der Waals surface area contributed by atoms with Crippen LogP contribution in [0.2, 0.25) is 0 Å². The zero-order valence-corrected chi connectivity index (χ0v) is 13.4. The molecular formula is C17H27NO3. The van der Waals surface area contributed by atoms with Gasteiger partial charge in [0.1, 0.15) is 0 Å². The lowest BCUT2D eigenvalue weighted by molar-refractivity contribution is 0.0899. The van der Waals surface area contributed by atoms with Crippen molar-refractivity contribution in [3.8, 4) is 11.5 Å². The van der Waals surface area contributed by atoms with Crippen LogP contribution < -0.4 is 14.8 Å². The summed E-state index contributed by atoms with van der Waals surface area (Å²) < 4.78 is 16.9. The van der Waals surface area contributed by atoms with Crippen molar-refractivity contribution < 1.29 is 14.2 Å². The fraction of sp³-hybridized carbons (Fsp3) is 0.647. The Bertz CT molecular complexity index is 428.